The van der Waals surface area contributed by atoms with Crippen LogP contribution in [0.3, 0.4) is 0 Å². The van der Waals surface area contributed by atoms with Gasteiger partial charge in [-0.1, -0.05) is 15.9 Å². The number of likely N-dealkylation sites (N-methyl/N-ethyl adjacent to an activating group) is 1. The van der Waals surface area contributed by atoms with Crippen LogP contribution in [0.2, 0.25) is 0 Å². The largest absolute Gasteiger partial charge is 0.318 e. The molecule has 6 heteroatoms. The Morgan fingerprint density at radius 2 is 1.80 bits per heavy atom. The molecule has 0 bridgehead atoms. The topological polar surface area (TPSA) is 58.2 Å². The van der Waals surface area contributed by atoms with Crippen molar-refractivity contribution >= 4 is 26.0 Å². The first-order valence-corrected chi connectivity index (χ1v) is 6.74. The highest BCUT2D eigenvalue weighted by atomic mass is 79.9. The van der Waals surface area contributed by atoms with Gasteiger partial charge < -0.3 is 5.32 Å². The average molecular weight is 293 g/mol. The summed E-state index contributed by atoms with van der Waals surface area (Å²) >= 11 is 3.25. The zero-order valence-electron chi connectivity index (χ0n) is 8.33. The molecule has 0 aliphatic rings. The maximum atomic E-state index is 11.7. The van der Waals surface area contributed by atoms with Crippen LogP contribution in [0.25, 0.3) is 0 Å². The van der Waals surface area contributed by atoms with Crippen LogP contribution in [0.4, 0.5) is 0 Å². The van der Waals surface area contributed by atoms with Crippen molar-refractivity contribution in [2.45, 2.75) is 4.90 Å². The highest BCUT2D eigenvalue weighted by Crippen LogP contribution is 2.14. The molecule has 0 aliphatic heterocycles. The molecule has 0 saturated heterocycles. The second kappa shape index (κ2) is 5.60. The van der Waals surface area contributed by atoms with Crippen molar-refractivity contribution in [1.29, 1.82) is 0 Å². The highest BCUT2D eigenvalue weighted by molar-refractivity contribution is 9.10. The van der Waals surface area contributed by atoms with E-state index < -0.39 is 10.0 Å². The Morgan fingerprint density at radius 1 is 1.20 bits per heavy atom. The van der Waals surface area contributed by atoms with Gasteiger partial charge in [0, 0.05) is 17.6 Å². The number of rotatable bonds is 5. The predicted octanol–water partition coefficient (Wildman–Crippen LogP) is 0.947. The normalized spacial score (nSPS) is 11.6. The number of hydrogen-bond acceptors (Lipinski definition) is 3. The zero-order chi connectivity index (χ0) is 11.3. The summed E-state index contributed by atoms with van der Waals surface area (Å²) in [5.41, 5.74) is 0. The standard InChI is InChI=1S/C9H13BrN2O2S/c1-11-6-7-12-15(13,14)9-4-2-8(10)3-5-9/h2-5,11-12H,6-7H2,1H3. The Labute approximate surface area is 98.3 Å². The number of hydrogen-bond donors (Lipinski definition) is 2. The average Bonchev–Trinajstić information content (AvgIpc) is 2.18. The molecule has 0 saturated carbocycles. The lowest BCUT2D eigenvalue weighted by Crippen LogP contribution is -2.30. The number of benzene rings is 1. The molecule has 15 heavy (non-hydrogen) atoms. The molecule has 0 radical (unpaired) electrons. The fourth-order valence-corrected chi connectivity index (χ4v) is 2.30. The van der Waals surface area contributed by atoms with Crippen LogP contribution in [0, 0.1) is 0 Å². The van der Waals surface area contributed by atoms with Crippen LogP contribution < -0.4 is 10.0 Å². The molecule has 1 aromatic rings. The van der Waals surface area contributed by atoms with Crippen molar-refractivity contribution in [1.82, 2.24) is 10.0 Å². The third-order valence-electron chi connectivity index (χ3n) is 1.79. The summed E-state index contributed by atoms with van der Waals surface area (Å²) in [6, 6.07) is 6.52. The SMILES string of the molecule is CNCCNS(=O)(=O)c1ccc(Br)cc1. The second-order valence-corrected chi connectivity index (χ2v) is 5.64. The molecule has 0 unspecified atom stereocenters. The van der Waals surface area contributed by atoms with Gasteiger partial charge in [0.15, 0.2) is 0 Å². The van der Waals surface area contributed by atoms with E-state index >= 15 is 0 Å². The fourth-order valence-electron chi connectivity index (χ4n) is 1.01. The van der Waals surface area contributed by atoms with Gasteiger partial charge in [0.2, 0.25) is 10.0 Å². The molecule has 0 heterocycles. The number of nitrogens with one attached hydrogen (secondary N) is 2. The van der Waals surface area contributed by atoms with Crippen LogP contribution in [0.5, 0.6) is 0 Å². The van der Waals surface area contributed by atoms with E-state index in [1.807, 2.05) is 0 Å². The zero-order valence-corrected chi connectivity index (χ0v) is 10.7. The van der Waals surface area contributed by atoms with Crippen LogP contribution in [-0.4, -0.2) is 28.6 Å². The van der Waals surface area contributed by atoms with Crippen LogP contribution in [-0.2, 0) is 10.0 Å². The molecule has 2 N–H and O–H groups in total. The first-order chi connectivity index (χ1) is 7.06. The maximum Gasteiger partial charge on any atom is 0.240 e. The van der Waals surface area contributed by atoms with Gasteiger partial charge in [-0.3, -0.25) is 0 Å². The van der Waals surface area contributed by atoms with Crippen LogP contribution >= 0.6 is 15.9 Å². The van der Waals surface area contributed by atoms with Crippen LogP contribution in [0.1, 0.15) is 0 Å². The summed E-state index contributed by atoms with van der Waals surface area (Å²) in [5, 5.41) is 2.87. The van der Waals surface area contributed by atoms with Gasteiger partial charge in [-0.15, -0.1) is 0 Å². The Balaban J connectivity index is 2.73. The monoisotopic (exact) mass is 292 g/mol. The molecule has 0 spiro atoms. The molecule has 1 rings (SSSR count). The van der Waals surface area contributed by atoms with E-state index in [1.165, 1.54) is 0 Å². The summed E-state index contributed by atoms with van der Waals surface area (Å²) < 4.78 is 26.7. The van der Waals surface area contributed by atoms with Crippen LogP contribution in [0.15, 0.2) is 33.6 Å². The molecule has 4 nitrogen and oxygen atoms in total. The molecule has 0 atom stereocenters. The van der Waals surface area contributed by atoms with Crippen molar-refractivity contribution < 1.29 is 8.42 Å². The van der Waals surface area contributed by atoms with Gasteiger partial charge in [0.25, 0.3) is 0 Å². The van der Waals surface area contributed by atoms with E-state index in [4.69, 9.17) is 0 Å². The van der Waals surface area contributed by atoms with E-state index in [0.29, 0.717) is 13.1 Å². The molecule has 0 aromatic heterocycles. The molecular formula is C9H13BrN2O2S. The Bertz CT molecular complexity index is 403. The van der Waals surface area contributed by atoms with E-state index in [9.17, 15) is 8.42 Å². The molecule has 84 valence electrons. The predicted molar refractivity (Wildman–Crippen MR) is 63.3 cm³/mol. The van der Waals surface area contributed by atoms with Gasteiger partial charge in [0.05, 0.1) is 4.90 Å². The lowest BCUT2D eigenvalue weighted by atomic mass is 10.4. The lowest BCUT2D eigenvalue weighted by Gasteiger charge is -2.06. The second-order valence-electron chi connectivity index (χ2n) is 2.96. The van der Waals surface area contributed by atoms with Gasteiger partial charge in [0.1, 0.15) is 0 Å². The minimum absolute atomic E-state index is 0.279. The van der Waals surface area contributed by atoms with E-state index in [1.54, 1.807) is 31.3 Å². The van der Waals surface area contributed by atoms with E-state index in [-0.39, 0.29) is 4.90 Å². The Hall–Kier alpha value is -0.430. The first-order valence-electron chi connectivity index (χ1n) is 4.46. The minimum atomic E-state index is -3.36. The summed E-state index contributed by atoms with van der Waals surface area (Å²) in [6.45, 7) is 0.991. The smallest absolute Gasteiger partial charge is 0.240 e. The third-order valence-corrected chi connectivity index (χ3v) is 3.80. The summed E-state index contributed by atoms with van der Waals surface area (Å²) in [4.78, 5) is 0.279. The molecule has 1 aromatic carbocycles. The number of halogens is 1. The molecule has 0 amide bonds. The van der Waals surface area contributed by atoms with E-state index in [2.05, 4.69) is 26.0 Å². The fraction of sp³-hybridized carbons (Fsp3) is 0.333. The molecular weight excluding hydrogens is 280 g/mol. The van der Waals surface area contributed by atoms with E-state index in [0.717, 1.165) is 4.47 Å². The van der Waals surface area contributed by atoms with Gasteiger partial charge >= 0.3 is 0 Å². The van der Waals surface area contributed by atoms with Crippen molar-refractivity contribution in [3.63, 3.8) is 0 Å². The summed E-state index contributed by atoms with van der Waals surface area (Å²) in [5.74, 6) is 0. The van der Waals surface area contributed by atoms with Crippen molar-refractivity contribution in [2.75, 3.05) is 20.1 Å². The minimum Gasteiger partial charge on any atom is -0.318 e. The Kier molecular flexibility index (Phi) is 4.72. The Morgan fingerprint density at radius 3 is 2.33 bits per heavy atom. The first kappa shape index (κ1) is 12.6. The van der Waals surface area contributed by atoms with Crippen molar-refractivity contribution in [2.24, 2.45) is 0 Å². The maximum absolute atomic E-state index is 11.7. The quantitative estimate of drug-likeness (QED) is 0.795. The number of sulfonamides is 1. The molecule has 0 aliphatic carbocycles. The van der Waals surface area contributed by atoms with Gasteiger partial charge in [-0.2, -0.15) is 0 Å². The highest BCUT2D eigenvalue weighted by Gasteiger charge is 2.11. The van der Waals surface area contributed by atoms with Crippen molar-refractivity contribution in [3.8, 4) is 0 Å². The summed E-state index contributed by atoms with van der Waals surface area (Å²) in [7, 11) is -1.59. The molecule has 0 fully saturated rings. The van der Waals surface area contributed by atoms with Gasteiger partial charge in [-0.25, -0.2) is 13.1 Å². The van der Waals surface area contributed by atoms with Gasteiger partial charge in [-0.05, 0) is 31.3 Å². The summed E-state index contributed by atoms with van der Waals surface area (Å²) in [6.07, 6.45) is 0. The van der Waals surface area contributed by atoms with Crippen molar-refractivity contribution in [3.05, 3.63) is 28.7 Å². The third kappa shape index (κ3) is 3.90. The lowest BCUT2D eigenvalue weighted by molar-refractivity contribution is 0.579.